The van der Waals surface area contributed by atoms with E-state index in [1.54, 1.807) is 17.0 Å². The summed E-state index contributed by atoms with van der Waals surface area (Å²) in [5.41, 5.74) is 0.700. The van der Waals surface area contributed by atoms with E-state index in [1.807, 2.05) is 35.7 Å². The van der Waals surface area contributed by atoms with Gasteiger partial charge in [-0.1, -0.05) is 44.0 Å². The van der Waals surface area contributed by atoms with Gasteiger partial charge in [0.1, 0.15) is 5.58 Å². The summed E-state index contributed by atoms with van der Waals surface area (Å²) in [6.07, 6.45) is 2.83. The Labute approximate surface area is 166 Å². The Bertz CT molecular complexity index is 1010. The molecule has 3 aromatic rings. The Morgan fingerprint density at radius 2 is 2.04 bits per heavy atom. The number of hydrogen-bond acceptors (Lipinski definition) is 5. The highest BCUT2D eigenvalue weighted by molar-refractivity contribution is 7.10. The van der Waals surface area contributed by atoms with Crippen molar-refractivity contribution in [2.75, 3.05) is 6.54 Å². The van der Waals surface area contributed by atoms with Gasteiger partial charge >= 0.3 is 0 Å². The second kappa shape index (κ2) is 7.64. The first-order valence-corrected chi connectivity index (χ1v) is 10.3. The number of fused-ring (bicyclic) bond motifs is 1. The van der Waals surface area contributed by atoms with Crippen LogP contribution in [0.4, 0.5) is 0 Å². The number of hydrogen-bond donors (Lipinski definition) is 1. The smallest absolute Gasteiger partial charge is 0.290 e. The third-order valence-corrected chi connectivity index (χ3v) is 5.94. The highest BCUT2D eigenvalue weighted by Gasteiger charge is 2.44. The summed E-state index contributed by atoms with van der Waals surface area (Å²) in [5, 5.41) is 13.3. The van der Waals surface area contributed by atoms with Gasteiger partial charge in [-0.3, -0.25) is 9.59 Å². The van der Waals surface area contributed by atoms with Crippen LogP contribution in [0.1, 0.15) is 47.7 Å². The fourth-order valence-electron chi connectivity index (χ4n) is 3.62. The van der Waals surface area contributed by atoms with Crippen LogP contribution in [-0.4, -0.2) is 28.2 Å². The average molecular weight is 395 g/mol. The number of aliphatic hydroxyl groups excluding tert-OH is 1. The number of unbranched alkanes of at least 4 members (excludes halogenated alkanes) is 2. The summed E-state index contributed by atoms with van der Waals surface area (Å²) >= 11 is 1.47. The van der Waals surface area contributed by atoms with Crippen molar-refractivity contribution in [3.05, 3.63) is 69.8 Å². The molecule has 0 bridgehead atoms. The molecule has 1 N–H and O–H groups in total. The molecular weight excluding hydrogens is 374 g/mol. The minimum Gasteiger partial charge on any atom is -0.503 e. The molecule has 28 heavy (non-hydrogen) atoms. The Morgan fingerprint density at radius 3 is 2.75 bits per heavy atom. The number of aliphatic hydroxyl groups is 1. The molecule has 0 spiro atoms. The van der Waals surface area contributed by atoms with Crippen molar-refractivity contribution in [3.63, 3.8) is 0 Å². The molecule has 0 saturated carbocycles. The highest BCUT2D eigenvalue weighted by atomic mass is 32.1. The van der Waals surface area contributed by atoms with Crippen LogP contribution in [-0.2, 0) is 4.79 Å². The maximum Gasteiger partial charge on any atom is 0.290 e. The molecule has 144 valence electrons. The van der Waals surface area contributed by atoms with Gasteiger partial charge in [0, 0.05) is 16.8 Å². The van der Waals surface area contributed by atoms with Gasteiger partial charge in [0.05, 0.1) is 11.6 Å². The van der Waals surface area contributed by atoms with Crippen LogP contribution in [0, 0.1) is 0 Å². The van der Waals surface area contributed by atoms with Crippen molar-refractivity contribution < 1.29 is 19.1 Å². The van der Waals surface area contributed by atoms with E-state index in [1.165, 1.54) is 11.3 Å². The zero-order chi connectivity index (χ0) is 19.7. The minimum absolute atomic E-state index is 0.100. The largest absolute Gasteiger partial charge is 0.503 e. The molecular formula is C22H21NO4S. The molecule has 3 heterocycles. The van der Waals surface area contributed by atoms with E-state index in [2.05, 4.69) is 6.92 Å². The fraction of sp³-hybridized carbons (Fsp3) is 0.273. The molecule has 5 nitrogen and oxygen atoms in total. The van der Waals surface area contributed by atoms with Crippen LogP contribution in [0.5, 0.6) is 0 Å². The molecule has 1 aliphatic heterocycles. The quantitative estimate of drug-likeness (QED) is 0.437. The first-order valence-electron chi connectivity index (χ1n) is 9.42. The van der Waals surface area contributed by atoms with E-state index in [9.17, 15) is 14.7 Å². The van der Waals surface area contributed by atoms with Crippen LogP contribution in [0.2, 0.25) is 0 Å². The molecule has 6 heteroatoms. The number of rotatable bonds is 7. The number of benzene rings is 1. The summed E-state index contributed by atoms with van der Waals surface area (Å²) in [5.74, 6) is -1.28. The Balaban J connectivity index is 1.74. The molecule has 4 rings (SSSR count). The molecule has 0 saturated heterocycles. The van der Waals surface area contributed by atoms with E-state index in [0.29, 0.717) is 12.1 Å². The fourth-order valence-corrected chi connectivity index (χ4v) is 4.46. The van der Waals surface area contributed by atoms with Crippen molar-refractivity contribution in [3.8, 4) is 0 Å². The standard InChI is InChI=1S/C22H21NO4S/c1-2-3-6-11-23-19(17-10-7-12-28-17)18(21(25)22(23)26)20(24)16-13-14-8-4-5-9-15(14)27-16/h4-5,7-10,12-13,19,25H,2-3,6,11H2,1H3. The molecule has 1 unspecified atom stereocenters. The van der Waals surface area contributed by atoms with Gasteiger partial charge in [-0.15, -0.1) is 11.3 Å². The van der Waals surface area contributed by atoms with E-state index >= 15 is 0 Å². The van der Waals surface area contributed by atoms with Gasteiger partial charge < -0.3 is 14.4 Å². The average Bonchev–Trinajstić information content (AvgIpc) is 3.42. The number of thiophene rings is 1. The molecule has 0 fully saturated rings. The monoisotopic (exact) mass is 395 g/mol. The van der Waals surface area contributed by atoms with Crippen molar-refractivity contribution in [2.45, 2.75) is 32.2 Å². The van der Waals surface area contributed by atoms with E-state index in [-0.39, 0.29) is 11.3 Å². The number of ketones is 1. The van der Waals surface area contributed by atoms with E-state index < -0.39 is 23.5 Å². The summed E-state index contributed by atoms with van der Waals surface area (Å²) in [6.45, 7) is 2.59. The minimum atomic E-state index is -0.579. The number of para-hydroxylation sites is 1. The molecule has 1 atom stereocenters. The summed E-state index contributed by atoms with van der Waals surface area (Å²) in [6, 6.07) is 12.2. The second-order valence-corrected chi connectivity index (χ2v) is 7.84. The lowest BCUT2D eigenvalue weighted by Gasteiger charge is -2.25. The second-order valence-electron chi connectivity index (χ2n) is 6.86. The van der Waals surface area contributed by atoms with Crippen LogP contribution < -0.4 is 0 Å². The number of carbonyl (C=O) groups is 2. The van der Waals surface area contributed by atoms with Crippen LogP contribution in [0.15, 0.2) is 63.6 Å². The van der Waals surface area contributed by atoms with Gasteiger partial charge in [0.15, 0.2) is 11.5 Å². The maximum atomic E-state index is 13.3. The molecule has 1 amide bonds. The Hall–Kier alpha value is -2.86. The predicted molar refractivity (Wildman–Crippen MR) is 108 cm³/mol. The summed E-state index contributed by atoms with van der Waals surface area (Å²) in [7, 11) is 0. The Kier molecular flexibility index (Phi) is 5.05. The highest BCUT2D eigenvalue weighted by Crippen LogP contribution is 2.41. The SMILES string of the molecule is CCCCCN1C(=O)C(O)=C(C(=O)c2cc3ccccc3o2)C1c1cccs1. The molecule has 0 radical (unpaired) electrons. The normalized spacial score (nSPS) is 17.1. The number of furan rings is 1. The predicted octanol–water partition coefficient (Wildman–Crippen LogP) is 5.26. The molecule has 1 aliphatic rings. The van der Waals surface area contributed by atoms with Crippen molar-refractivity contribution in [2.24, 2.45) is 0 Å². The topological polar surface area (TPSA) is 70.8 Å². The molecule has 2 aromatic heterocycles. The lowest BCUT2D eigenvalue weighted by atomic mass is 10.00. The lowest BCUT2D eigenvalue weighted by molar-refractivity contribution is -0.129. The number of nitrogens with zero attached hydrogens (tertiary/aromatic N) is 1. The van der Waals surface area contributed by atoms with Crippen molar-refractivity contribution >= 4 is 34.0 Å². The third kappa shape index (κ3) is 3.14. The van der Waals surface area contributed by atoms with Crippen molar-refractivity contribution in [1.29, 1.82) is 0 Å². The first kappa shape index (κ1) is 18.5. The van der Waals surface area contributed by atoms with Crippen LogP contribution in [0.3, 0.4) is 0 Å². The first-order chi connectivity index (χ1) is 13.6. The molecule has 1 aromatic carbocycles. The van der Waals surface area contributed by atoms with Gasteiger partial charge in [0.25, 0.3) is 5.91 Å². The van der Waals surface area contributed by atoms with E-state index in [4.69, 9.17) is 4.42 Å². The van der Waals surface area contributed by atoms with Crippen molar-refractivity contribution in [1.82, 2.24) is 4.90 Å². The summed E-state index contributed by atoms with van der Waals surface area (Å²) < 4.78 is 5.70. The zero-order valence-electron chi connectivity index (χ0n) is 15.6. The van der Waals surface area contributed by atoms with Gasteiger partial charge in [-0.25, -0.2) is 0 Å². The van der Waals surface area contributed by atoms with Crippen LogP contribution >= 0.6 is 11.3 Å². The maximum absolute atomic E-state index is 13.3. The number of carbonyl (C=O) groups excluding carboxylic acids is 2. The number of amides is 1. The summed E-state index contributed by atoms with van der Waals surface area (Å²) in [4.78, 5) is 28.5. The third-order valence-electron chi connectivity index (χ3n) is 5.01. The van der Waals surface area contributed by atoms with Crippen LogP contribution in [0.25, 0.3) is 11.0 Å². The zero-order valence-corrected chi connectivity index (χ0v) is 16.4. The van der Waals surface area contributed by atoms with E-state index in [0.717, 1.165) is 29.5 Å². The Morgan fingerprint density at radius 1 is 1.21 bits per heavy atom. The van der Waals surface area contributed by atoms with Gasteiger partial charge in [-0.05, 0) is 30.0 Å². The molecule has 0 aliphatic carbocycles. The van der Waals surface area contributed by atoms with Gasteiger partial charge in [0.2, 0.25) is 5.78 Å². The van der Waals surface area contributed by atoms with Gasteiger partial charge in [-0.2, -0.15) is 0 Å². The number of Topliss-reactive ketones (excluding diaryl/α,β-unsaturated/α-hetero) is 1. The lowest BCUT2D eigenvalue weighted by Crippen LogP contribution is -2.31.